The maximum absolute atomic E-state index is 10.8. The zero-order valence-electron chi connectivity index (χ0n) is 19.8. The summed E-state index contributed by atoms with van der Waals surface area (Å²) in [7, 11) is 0. The van der Waals surface area contributed by atoms with E-state index in [9.17, 15) is 19.8 Å². The van der Waals surface area contributed by atoms with Crippen molar-refractivity contribution in [3.05, 3.63) is 83.0 Å². The molecule has 172 valence electrons. The number of carbonyl (C=O) groups excluding carboxylic acids is 2. The average Bonchev–Trinajstić information content (AvgIpc) is 2.76. The first-order chi connectivity index (χ1) is 15.3. The predicted molar refractivity (Wildman–Crippen MR) is 127 cm³/mol. The van der Waals surface area contributed by atoms with Gasteiger partial charge in [-0.2, -0.15) is 0 Å². The first-order valence-electron chi connectivity index (χ1n) is 10.5. The summed E-state index contributed by atoms with van der Waals surface area (Å²) >= 11 is 0. The second-order valence-electron chi connectivity index (χ2n) is 6.81. The Bertz CT molecular complexity index is 872. The minimum Gasteiger partial charge on any atom is -0.545 e. The van der Waals surface area contributed by atoms with E-state index in [2.05, 4.69) is 0 Å². The Kier molecular flexibility index (Phi) is 16.0. The van der Waals surface area contributed by atoms with E-state index in [1.807, 2.05) is 38.2 Å². The molecule has 0 N–H and O–H groups in total. The van der Waals surface area contributed by atoms with Crippen molar-refractivity contribution in [2.24, 2.45) is 0 Å². The van der Waals surface area contributed by atoms with Gasteiger partial charge in [-0.1, -0.05) is 62.4 Å². The zero-order valence-corrected chi connectivity index (χ0v) is 22.0. The third-order valence-corrected chi connectivity index (χ3v) is 4.48. The van der Waals surface area contributed by atoms with Crippen LogP contribution in [-0.4, -0.2) is 62.9 Å². The van der Waals surface area contributed by atoms with Gasteiger partial charge in [0.15, 0.2) is 0 Å². The van der Waals surface area contributed by atoms with Crippen molar-refractivity contribution in [1.82, 2.24) is 0 Å². The second-order valence-corrected chi connectivity index (χ2v) is 6.81. The summed E-state index contributed by atoms with van der Waals surface area (Å²) in [5.74, 6) is -1.18. The number of ether oxygens (including phenoxy) is 2. The number of aromatic carboxylic acids is 2. The fourth-order valence-electron chi connectivity index (χ4n) is 2.73. The molecule has 0 saturated heterocycles. The summed E-state index contributed by atoms with van der Waals surface area (Å²) in [5, 5.41) is 21.5. The molecule has 0 radical (unpaired) electrons. The van der Waals surface area contributed by atoms with Gasteiger partial charge >= 0.3 is 37.7 Å². The van der Waals surface area contributed by atoms with Crippen LogP contribution in [0.3, 0.4) is 0 Å². The van der Waals surface area contributed by atoms with Crippen molar-refractivity contribution in [1.29, 1.82) is 0 Å². The standard InChI is InChI=1S/2C13H16O3.Ca/c2*1-3-4-5-9-16-12-8-6-7-11(10(12)2)13(14)15;/h2*4-8H,3,9H2,1-2H3,(H,14,15);/q;;+2/p-2/b2*5-4-;. The van der Waals surface area contributed by atoms with E-state index in [4.69, 9.17) is 9.47 Å². The van der Waals surface area contributed by atoms with E-state index in [0.29, 0.717) is 35.8 Å². The normalized spacial score (nSPS) is 10.3. The van der Waals surface area contributed by atoms with Crippen LogP contribution >= 0.6 is 0 Å². The molecule has 0 aliphatic heterocycles. The maximum atomic E-state index is 10.8. The molecular weight excluding hydrogens is 448 g/mol. The number of carboxylic acid groups (broad SMARTS) is 2. The summed E-state index contributed by atoms with van der Waals surface area (Å²) in [6.45, 7) is 8.40. The largest absolute Gasteiger partial charge is 2.00 e. The van der Waals surface area contributed by atoms with E-state index in [0.717, 1.165) is 12.8 Å². The molecule has 0 bridgehead atoms. The fraction of sp³-hybridized carbons (Fsp3) is 0.308. The van der Waals surface area contributed by atoms with Gasteiger partial charge in [-0.3, -0.25) is 0 Å². The molecule has 0 saturated carbocycles. The minimum atomic E-state index is -1.17. The summed E-state index contributed by atoms with van der Waals surface area (Å²) in [5.41, 5.74) is 1.56. The average molecular weight is 479 g/mol. The number of benzene rings is 2. The summed E-state index contributed by atoms with van der Waals surface area (Å²) < 4.78 is 10.9. The number of allylic oxidation sites excluding steroid dienone is 2. The quantitative estimate of drug-likeness (QED) is 0.385. The molecule has 0 amide bonds. The van der Waals surface area contributed by atoms with Crippen LogP contribution in [0.15, 0.2) is 60.7 Å². The number of hydrogen-bond acceptors (Lipinski definition) is 6. The number of hydrogen-bond donors (Lipinski definition) is 0. The molecule has 0 spiro atoms. The molecule has 2 rings (SSSR count). The smallest absolute Gasteiger partial charge is 0.545 e. The van der Waals surface area contributed by atoms with Gasteiger partial charge in [-0.15, -0.1) is 0 Å². The Labute approximate surface area is 225 Å². The van der Waals surface area contributed by atoms with Crippen molar-refractivity contribution in [3.63, 3.8) is 0 Å². The molecule has 0 atom stereocenters. The van der Waals surface area contributed by atoms with Gasteiger partial charge in [-0.05, 0) is 38.8 Å². The van der Waals surface area contributed by atoms with Gasteiger partial charge < -0.3 is 29.3 Å². The topological polar surface area (TPSA) is 98.7 Å². The summed E-state index contributed by atoms with van der Waals surface area (Å²) in [4.78, 5) is 21.5. The molecule has 0 aromatic heterocycles. The number of rotatable bonds is 10. The van der Waals surface area contributed by atoms with E-state index in [1.54, 1.807) is 38.1 Å². The van der Waals surface area contributed by atoms with Gasteiger partial charge in [0.05, 0.1) is 11.9 Å². The van der Waals surface area contributed by atoms with Crippen LogP contribution in [0.5, 0.6) is 11.5 Å². The van der Waals surface area contributed by atoms with Crippen molar-refractivity contribution < 1.29 is 29.3 Å². The van der Waals surface area contributed by atoms with Crippen LogP contribution in [0, 0.1) is 13.8 Å². The van der Waals surface area contributed by atoms with Crippen molar-refractivity contribution in [2.45, 2.75) is 40.5 Å². The molecule has 33 heavy (non-hydrogen) atoms. The van der Waals surface area contributed by atoms with Crippen LogP contribution in [0.2, 0.25) is 0 Å². The van der Waals surface area contributed by atoms with Crippen molar-refractivity contribution in [2.75, 3.05) is 13.2 Å². The van der Waals surface area contributed by atoms with E-state index in [-0.39, 0.29) is 48.9 Å². The fourth-order valence-corrected chi connectivity index (χ4v) is 2.73. The van der Waals surface area contributed by atoms with Crippen LogP contribution in [0.4, 0.5) is 0 Å². The molecule has 0 heterocycles. The number of carboxylic acids is 2. The summed E-state index contributed by atoms with van der Waals surface area (Å²) in [6.07, 6.45) is 9.73. The van der Waals surface area contributed by atoms with Gasteiger partial charge in [0, 0.05) is 22.3 Å². The molecule has 0 aliphatic rings. The van der Waals surface area contributed by atoms with Gasteiger partial charge in [0.2, 0.25) is 0 Å². The maximum Gasteiger partial charge on any atom is 2.00 e. The zero-order chi connectivity index (χ0) is 23.9. The third kappa shape index (κ3) is 10.9. The Hall–Kier alpha value is -2.28. The first-order valence-corrected chi connectivity index (χ1v) is 10.5. The SMILES string of the molecule is CC/C=C\COc1cccc(C(=O)[O-])c1C.CC/C=C\COc1cccc(C(=O)[O-])c1C.[Ca+2]. The molecule has 0 fully saturated rings. The monoisotopic (exact) mass is 478 g/mol. The van der Waals surface area contributed by atoms with Crippen molar-refractivity contribution >= 4 is 49.7 Å². The second kappa shape index (κ2) is 17.2. The molecule has 7 heteroatoms. The van der Waals surface area contributed by atoms with E-state index < -0.39 is 11.9 Å². The molecule has 2 aromatic carbocycles. The van der Waals surface area contributed by atoms with Crippen LogP contribution in [0.25, 0.3) is 0 Å². The van der Waals surface area contributed by atoms with E-state index >= 15 is 0 Å². The first kappa shape index (κ1) is 30.7. The minimum absolute atomic E-state index is 0. The third-order valence-electron chi connectivity index (χ3n) is 4.48. The molecule has 0 aliphatic carbocycles. The van der Waals surface area contributed by atoms with Gasteiger partial charge in [0.1, 0.15) is 24.7 Å². The van der Waals surface area contributed by atoms with Crippen LogP contribution in [-0.2, 0) is 0 Å². The Morgan fingerprint density at radius 1 is 0.727 bits per heavy atom. The van der Waals surface area contributed by atoms with Crippen LogP contribution < -0.4 is 19.7 Å². The van der Waals surface area contributed by atoms with Gasteiger partial charge in [0.25, 0.3) is 0 Å². The van der Waals surface area contributed by atoms with Crippen LogP contribution in [0.1, 0.15) is 58.5 Å². The Balaban J connectivity index is 0.000000602. The predicted octanol–water partition coefficient (Wildman–Crippen LogP) is 3.03. The van der Waals surface area contributed by atoms with E-state index in [1.165, 1.54) is 12.1 Å². The van der Waals surface area contributed by atoms with Gasteiger partial charge in [-0.25, -0.2) is 0 Å². The molecule has 6 nitrogen and oxygen atoms in total. The number of carbonyl (C=O) groups is 2. The van der Waals surface area contributed by atoms with Crippen molar-refractivity contribution in [3.8, 4) is 11.5 Å². The summed E-state index contributed by atoms with van der Waals surface area (Å²) in [6, 6.07) is 9.83. The molecule has 2 aromatic rings. The molecule has 0 unspecified atom stereocenters. The molecular formula is C26H30CaO6. The Morgan fingerprint density at radius 2 is 1.09 bits per heavy atom. The Morgan fingerprint density at radius 3 is 1.39 bits per heavy atom.